The first-order valence-corrected chi connectivity index (χ1v) is 10.8. The highest BCUT2D eigenvalue weighted by Crippen LogP contribution is 2.14. The second-order valence-corrected chi connectivity index (χ2v) is 8.28. The Morgan fingerprint density at radius 2 is 1.79 bits per heavy atom. The molecule has 24 heavy (non-hydrogen) atoms. The molecular formula is C16H35N3O4S. The third-order valence-corrected chi connectivity index (χ3v) is 5.23. The number of hydrazine groups is 1. The zero-order valence-electron chi connectivity index (χ0n) is 15.2. The first-order chi connectivity index (χ1) is 11.4. The average molecular weight is 366 g/mol. The molecule has 0 aliphatic carbocycles. The van der Waals surface area contributed by atoms with E-state index in [0.717, 1.165) is 25.9 Å². The van der Waals surface area contributed by atoms with Crippen molar-refractivity contribution >= 4 is 10.1 Å². The third kappa shape index (κ3) is 9.29. The maximum Gasteiger partial charge on any atom is 0.266 e. The Kier molecular flexibility index (Phi) is 10.3. The van der Waals surface area contributed by atoms with E-state index in [9.17, 15) is 8.42 Å². The van der Waals surface area contributed by atoms with Gasteiger partial charge in [0.25, 0.3) is 10.1 Å². The summed E-state index contributed by atoms with van der Waals surface area (Å²) in [5.74, 6) is 5.44. The van der Waals surface area contributed by atoms with Crippen LogP contribution in [0.4, 0.5) is 0 Å². The Bertz CT molecular complexity index is 419. The van der Waals surface area contributed by atoms with Crippen molar-refractivity contribution in [1.29, 1.82) is 0 Å². The van der Waals surface area contributed by atoms with Crippen molar-refractivity contribution in [3.63, 3.8) is 0 Å². The van der Waals surface area contributed by atoms with Crippen LogP contribution in [0.1, 0.15) is 52.4 Å². The summed E-state index contributed by atoms with van der Waals surface area (Å²) in [5, 5.41) is 1.71. The molecule has 0 atom stereocenters. The summed E-state index contributed by atoms with van der Waals surface area (Å²) >= 11 is 0. The van der Waals surface area contributed by atoms with Crippen LogP contribution in [0, 0.1) is 0 Å². The van der Waals surface area contributed by atoms with Crippen LogP contribution in [0.3, 0.4) is 0 Å². The Morgan fingerprint density at radius 3 is 2.25 bits per heavy atom. The molecule has 3 N–H and O–H groups in total. The summed E-state index contributed by atoms with van der Waals surface area (Å²) in [6.07, 6.45) is 7.14. The van der Waals surface area contributed by atoms with E-state index in [4.69, 9.17) is 15.1 Å². The highest BCUT2D eigenvalue weighted by Gasteiger charge is 2.30. The summed E-state index contributed by atoms with van der Waals surface area (Å²) in [6, 6.07) is 0.241. The lowest BCUT2D eigenvalue weighted by atomic mass is 10.1. The molecule has 1 rings (SSSR count). The number of nitrogens with zero attached hydrogens (tertiary/aromatic N) is 2. The molecule has 0 amide bonds. The Hall–Kier alpha value is -0.250. The van der Waals surface area contributed by atoms with Gasteiger partial charge in [-0.15, -0.1) is 0 Å². The van der Waals surface area contributed by atoms with Gasteiger partial charge < -0.3 is 4.74 Å². The lowest BCUT2D eigenvalue weighted by Crippen LogP contribution is -2.62. The molecule has 0 aromatic heterocycles. The molecule has 0 bridgehead atoms. The molecule has 0 saturated carbocycles. The van der Waals surface area contributed by atoms with E-state index in [2.05, 4.69) is 18.7 Å². The van der Waals surface area contributed by atoms with Crippen molar-refractivity contribution in [3.05, 3.63) is 0 Å². The van der Waals surface area contributed by atoms with Crippen LogP contribution in [0.25, 0.3) is 0 Å². The molecule has 1 aliphatic rings. The quantitative estimate of drug-likeness (QED) is 0.356. The van der Waals surface area contributed by atoms with Crippen LogP contribution in [0.15, 0.2) is 0 Å². The van der Waals surface area contributed by atoms with E-state index < -0.39 is 10.1 Å². The van der Waals surface area contributed by atoms with Crippen LogP contribution in [-0.4, -0.2) is 73.6 Å². The minimum Gasteiger partial charge on any atom is -0.377 e. The Balaban J connectivity index is 2.40. The predicted octanol–water partition coefficient (Wildman–Crippen LogP) is 1.50. The highest BCUT2D eigenvalue weighted by atomic mass is 32.2. The van der Waals surface area contributed by atoms with E-state index in [1.165, 1.54) is 25.7 Å². The fraction of sp³-hybridized carbons (Fsp3) is 1.00. The van der Waals surface area contributed by atoms with Crippen molar-refractivity contribution in [2.45, 2.75) is 64.5 Å². The number of nitrogens with two attached hydrogens (primary N) is 1. The predicted molar refractivity (Wildman–Crippen MR) is 96.3 cm³/mol. The number of rotatable bonds is 14. The SMILES string of the molecule is CCCCC(CCCC)OCCN(CCS(=O)(=O)O)C1CN(N)C1. The van der Waals surface area contributed by atoms with E-state index in [-0.39, 0.29) is 11.8 Å². The summed E-state index contributed by atoms with van der Waals surface area (Å²) in [7, 11) is -3.94. The molecule has 0 spiro atoms. The largest absolute Gasteiger partial charge is 0.377 e. The number of ether oxygens (including phenoxy) is 1. The fourth-order valence-electron chi connectivity index (χ4n) is 2.94. The minimum atomic E-state index is -3.94. The van der Waals surface area contributed by atoms with Gasteiger partial charge in [0.1, 0.15) is 0 Å². The average Bonchev–Trinajstić information content (AvgIpc) is 2.49. The van der Waals surface area contributed by atoms with Crippen LogP contribution in [0.5, 0.6) is 0 Å². The second-order valence-electron chi connectivity index (χ2n) is 6.71. The van der Waals surface area contributed by atoms with Gasteiger partial charge in [-0.1, -0.05) is 39.5 Å². The molecule has 8 heteroatoms. The molecule has 1 fully saturated rings. The van der Waals surface area contributed by atoms with Gasteiger partial charge in [0.15, 0.2) is 0 Å². The smallest absolute Gasteiger partial charge is 0.266 e. The van der Waals surface area contributed by atoms with E-state index in [0.29, 0.717) is 25.8 Å². The Labute approximate surface area is 147 Å². The third-order valence-electron chi connectivity index (χ3n) is 4.53. The highest BCUT2D eigenvalue weighted by molar-refractivity contribution is 7.85. The first kappa shape index (κ1) is 21.8. The molecule has 0 unspecified atom stereocenters. The van der Waals surface area contributed by atoms with Gasteiger partial charge in [0.05, 0.1) is 18.5 Å². The lowest BCUT2D eigenvalue weighted by Gasteiger charge is -2.43. The molecular weight excluding hydrogens is 330 g/mol. The van der Waals surface area contributed by atoms with Gasteiger partial charge in [-0.25, -0.2) is 5.01 Å². The molecule has 1 heterocycles. The van der Waals surface area contributed by atoms with Crippen molar-refractivity contribution < 1.29 is 17.7 Å². The summed E-state index contributed by atoms with van der Waals surface area (Å²) in [5.41, 5.74) is 0. The zero-order chi connectivity index (χ0) is 18.0. The number of hydrogen-bond donors (Lipinski definition) is 2. The fourth-order valence-corrected chi connectivity index (χ4v) is 3.40. The molecule has 0 aromatic carbocycles. The van der Waals surface area contributed by atoms with Crippen molar-refractivity contribution in [3.8, 4) is 0 Å². The second kappa shape index (κ2) is 11.4. The monoisotopic (exact) mass is 365 g/mol. The van der Waals surface area contributed by atoms with Gasteiger partial charge >= 0.3 is 0 Å². The molecule has 7 nitrogen and oxygen atoms in total. The first-order valence-electron chi connectivity index (χ1n) is 9.16. The zero-order valence-corrected chi connectivity index (χ0v) is 16.0. The molecule has 0 aromatic rings. The number of unbranched alkanes of at least 4 members (excludes halogenated alkanes) is 2. The summed E-state index contributed by atoms with van der Waals surface area (Å²) in [4.78, 5) is 2.06. The summed E-state index contributed by atoms with van der Waals surface area (Å²) < 4.78 is 37.1. The number of hydrogen-bond acceptors (Lipinski definition) is 6. The molecule has 0 radical (unpaired) electrons. The van der Waals surface area contributed by atoms with E-state index >= 15 is 0 Å². The van der Waals surface area contributed by atoms with Crippen LogP contribution >= 0.6 is 0 Å². The normalized spacial score (nSPS) is 16.9. The Morgan fingerprint density at radius 1 is 1.21 bits per heavy atom. The summed E-state index contributed by atoms with van der Waals surface area (Å²) in [6.45, 7) is 7.38. The topological polar surface area (TPSA) is 96.1 Å². The van der Waals surface area contributed by atoms with Crippen LogP contribution in [0.2, 0.25) is 0 Å². The van der Waals surface area contributed by atoms with Crippen molar-refractivity contribution in [2.24, 2.45) is 5.84 Å². The van der Waals surface area contributed by atoms with Gasteiger partial charge in [-0.2, -0.15) is 8.42 Å². The van der Waals surface area contributed by atoms with Crippen LogP contribution in [-0.2, 0) is 14.9 Å². The van der Waals surface area contributed by atoms with Gasteiger partial charge in [-0.05, 0) is 12.8 Å². The minimum absolute atomic E-state index is 0.241. The molecule has 1 saturated heterocycles. The maximum atomic E-state index is 11.0. The van der Waals surface area contributed by atoms with Gasteiger partial charge in [-0.3, -0.25) is 15.3 Å². The van der Waals surface area contributed by atoms with E-state index in [1.807, 2.05) is 0 Å². The van der Waals surface area contributed by atoms with Gasteiger partial charge in [0.2, 0.25) is 0 Å². The maximum absolute atomic E-state index is 11.0. The molecule has 144 valence electrons. The van der Waals surface area contributed by atoms with Crippen molar-refractivity contribution in [2.75, 3.05) is 38.5 Å². The standard InChI is InChI=1S/C16H35N3O4S/c1-3-5-7-16(8-6-4-2)23-11-9-18(10-12-24(20,21)22)15-13-19(17)14-15/h15-16H,3-14,17H2,1-2H3,(H,20,21,22). The van der Waals surface area contributed by atoms with E-state index in [1.54, 1.807) is 5.01 Å². The van der Waals surface area contributed by atoms with Crippen molar-refractivity contribution in [1.82, 2.24) is 9.91 Å². The molecule has 1 aliphatic heterocycles. The van der Waals surface area contributed by atoms with Crippen LogP contribution < -0.4 is 5.84 Å². The van der Waals surface area contributed by atoms with Gasteiger partial charge in [0, 0.05) is 32.2 Å². The lowest BCUT2D eigenvalue weighted by molar-refractivity contribution is -0.00868.